The van der Waals surface area contributed by atoms with Gasteiger partial charge in [0, 0.05) is 55.9 Å². The molecule has 258 valence electrons. The summed E-state index contributed by atoms with van der Waals surface area (Å²) in [7, 11) is 0. The summed E-state index contributed by atoms with van der Waals surface area (Å²) in [6.45, 7) is 0. The Morgan fingerprint density at radius 1 is 0.364 bits per heavy atom. The quantitative estimate of drug-likeness (QED) is 0.172. The van der Waals surface area contributed by atoms with E-state index in [1.54, 1.807) is 0 Å². The van der Waals surface area contributed by atoms with Gasteiger partial charge in [-0.2, -0.15) is 0 Å². The molecule has 11 rings (SSSR count). The van der Waals surface area contributed by atoms with Gasteiger partial charge in [0.1, 0.15) is 11.2 Å². The predicted octanol–water partition coefficient (Wildman–Crippen LogP) is 14.6. The molecule has 0 unspecified atom stereocenters. The van der Waals surface area contributed by atoms with Crippen molar-refractivity contribution in [2.75, 3.05) is 4.90 Å². The van der Waals surface area contributed by atoms with E-state index >= 15 is 0 Å². The van der Waals surface area contributed by atoms with Crippen LogP contribution in [-0.4, -0.2) is 4.57 Å². The topological polar surface area (TPSA) is 21.3 Å². The summed E-state index contributed by atoms with van der Waals surface area (Å²) in [5, 5.41) is 7.12. The molecule has 0 aliphatic carbocycles. The van der Waals surface area contributed by atoms with Crippen LogP contribution in [0.4, 0.5) is 17.1 Å². The molecule has 0 saturated heterocycles. The number of rotatable bonds is 6. The normalized spacial score (nSPS) is 11.6. The highest BCUT2D eigenvalue weighted by Gasteiger charge is 2.23. The molecular formula is C52H34N2O. The largest absolute Gasteiger partial charge is 0.456 e. The smallest absolute Gasteiger partial charge is 0.138 e. The summed E-state index contributed by atoms with van der Waals surface area (Å²) in [6, 6.07) is 73.8. The molecule has 0 radical (unpaired) electrons. The van der Waals surface area contributed by atoms with Gasteiger partial charge in [-0.15, -0.1) is 0 Å². The molecule has 0 amide bonds. The minimum atomic E-state index is 0.884. The summed E-state index contributed by atoms with van der Waals surface area (Å²) in [5.74, 6) is 0. The third kappa shape index (κ3) is 5.13. The highest BCUT2D eigenvalue weighted by atomic mass is 16.3. The van der Waals surface area contributed by atoms with Crippen LogP contribution in [0.3, 0.4) is 0 Å². The first kappa shape index (κ1) is 31.2. The van der Waals surface area contributed by atoms with Gasteiger partial charge >= 0.3 is 0 Å². The van der Waals surface area contributed by atoms with Crippen molar-refractivity contribution in [1.29, 1.82) is 0 Å². The molecule has 11 aromatic rings. The third-order valence-electron chi connectivity index (χ3n) is 10.9. The van der Waals surface area contributed by atoms with E-state index in [2.05, 4.69) is 210 Å². The highest BCUT2D eigenvalue weighted by Crippen LogP contribution is 2.47. The van der Waals surface area contributed by atoms with Crippen LogP contribution in [-0.2, 0) is 0 Å². The lowest BCUT2D eigenvalue weighted by molar-refractivity contribution is 0.669. The third-order valence-corrected chi connectivity index (χ3v) is 10.9. The lowest BCUT2D eigenvalue weighted by atomic mass is 9.94. The molecule has 2 heterocycles. The summed E-state index contributed by atoms with van der Waals surface area (Å²) < 4.78 is 9.08. The van der Waals surface area contributed by atoms with E-state index in [0.717, 1.165) is 66.8 Å². The van der Waals surface area contributed by atoms with E-state index < -0.39 is 0 Å². The van der Waals surface area contributed by atoms with E-state index in [1.165, 1.54) is 32.7 Å². The molecule has 0 aliphatic rings. The van der Waals surface area contributed by atoms with Crippen molar-refractivity contribution >= 4 is 71.6 Å². The predicted molar refractivity (Wildman–Crippen MR) is 231 cm³/mol. The maximum absolute atomic E-state index is 6.65. The number of para-hydroxylation sites is 3. The molecule has 0 aliphatic heterocycles. The average molecular weight is 703 g/mol. The van der Waals surface area contributed by atoms with Crippen LogP contribution in [0.25, 0.3) is 82.5 Å². The Labute approximate surface area is 318 Å². The molecule has 0 N–H and O–H groups in total. The van der Waals surface area contributed by atoms with Gasteiger partial charge in [-0.25, -0.2) is 0 Å². The van der Waals surface area contributed by atoms with E-state index in [9.17, 15) is 0 Å². The van der Waals surface area contributed by atoms with Crippen molar-refractivity contribution in [2.45, 2.75) is 0 Å². The second-order valence-electron chi connectivity index (χ2n) is 14.1. The monoisotopic (exact) mass is 702 g/mol. The van der Waals surface area contributed by atoms with Gasteiger partial charge in [-0.3, -0.25) is 0 Å². The van der Waals surface area contributed by atoms with Crippen LogP contribution in [0, 0.1) is 0 Å². The summed E-state index contributed by atoms with van der Waals surface area (Å²) in [5.41, 5.74) is 13.2. The molecular weight excluding hydrogens is 669 g/mol. The van der Waals surface area contributed by atoms with Crippen molar-refractivity contribution in [3.05, 3.63) is 206 Å². The molecule has 9 aromatic carbocycles. The molecule has 0 atom stereocenters. The number of benzene rings is 9. The first-order valence-corrected chi connectivity index (χ1v) is 18.8. The number of hydrogen-bond acceptors (Lipinski definition) is 2. The van der Waals surface area contributed by atoms with Crippen LogP contribution in [0.1, 0.15) is 0 Å². The summed E-state index contributed by atoms with van der Waals surface area (Å²) in [4.78, 5) is 2.30. The van der Waals surface area contributed by atoms with Crippen molar-refractivity contribution in [2.24, 2.45) is 0 Å². The first-order valence-electron chi connectivity index (χ1n) is 18.8. The van der Waals surface area contributed by atoms with Gasteiger partial charge in [0.05, 0.1) is 11.0 Å². The molecule has 0 saturated carbocycles. The van der Waals surface area contributed by atoms with Crippen LogP contribution < -0.4 is 4.90 Å². The Bertz CT molecular complexity index is 3140. The van der Waals surface area contributed by atoms with Gasteiger partial charge in [0.25, 0.3) is 0 Å². The number of anilines is 3. The summed E-state index contributed by atoms with van der Waals surface area (Å²) >= 11 is 0. The van der Waals surface area contributed by atoms with Crippen LogP contribution in [0.5, 0.6) is 0 Å². The molecule has 2 aromatic heterocycles. The Hall–Kier alpha value is -7.36. The fourth-order valence-electron chi connectivity index (χ4n) is 8.45. The Kier molecular flexibility index (Phi) is 7.17. The standard InChI is InChI=1S/C52H34N2O/c1-4-15-37(16-5-1)50-51-44-31-27-39(36-24-28-42(29-25-36)53(40-18-6-2-7-19-40)41-20-8-3-9-21-41)33-46(44)54(43-30-26-35-14-10-11-17-38(35)32-43)47(51)34-49-52(50)45-22-12-13-23-48(45)55-49/h1-34H. The molecule has 3 nitrogen and oxygen atoms in total. The zero-order valence-electron chi connectivity index (χ0n) is 29.9. The minimum absolute atomic E-state index is 0.884. The second-order valence-corrected chi connectivity index (χ2v) is 14.1. The molecule has 0 bridgehead atoms. The van der Waals surface area contributed by atoms with Gasteiger partial charge in [0.15, 0.2) is 0 Å². The maximum atomic E-state index is 6.65. The Morgan fingerprint density at radius 3 is 1.73 bits per heavy atom. The van der Waals surface area contributed by atoms with Gasteiger partial charge < -0.3 is 13.9 Å². The van der Waals surface area contributed by atoms with Crippen molar-refractivity contribution < 1.29 is 4.42 Å². The molecule has 0 fully saturated rings. The average Bonchev–Trinajstić information content (AvgIpc) is 3.79. The van der Waals surface area contributed by atoms with Crippen LogP contribution in [0.2, 0.25) is 0 Å². The summed E-state index contributed by atoms with van der Waals surface area (Å²) in [6.07, 6.45) is 0. The van der Waals surface area contributed by atoms with Crippen molar-refractivity contribution in [1.82, 2.24) is 4.57 Å². The lowest BCUT2D eigenvalue weighted by Crippen LogP contribution is -2.09. The van der Waals surface area contributed by atoms with E-state index in [1.807, 2.05) is 6.07 Å². The Morgan fingerprint density at radius 2 is 0.982 bits per heavy atom. The van der Waals surface area contributed by atoms with E-state index in [-0.39, 0.29) is 0 Å². The van der Waals surface area contributed by atoms with E-state index in [0.29, 0.717) is 0 Å². The minimum Gasteiger partial charge on any atom is -0.456 e. The number of fused-ring (bicyclic) bond motifs is 7. The maximum Gasteiger partial charge on any atom is 0.138 e. The number of hydrogen-bond donors (Lipinski definition) is 0. The highest BCUT2D eigenvalue weighted by molar-refractivity contribution is 6.27. The zero-order chi connectivity index (χ0) is 36.3. The van der Waals surface area contributed by atoms with Gasteiger partial charge in [0.2, 0.25) is 0 Å². The van der Waals surface area contributed by atoms with Crippen molar-refractivity contribution in [3.63, 3.8) is 0 Å². The molecule has 0 spiro atoms. The number of nitrogens with zero attached hydrogens (tertiary/aromatic N) is 2. The zero-order valence-corrected chi connectivity index (χ0v) is 29.9. The first-order chi connectivity index (χ1) is 27.3. The second kappa shape index (κ2) is 12.6. The number of aromatic nitrogens is 1. The van der Waals surface area contributed by atoms with Gasteiger partial charge in [-0.05, 0) is 88.1 Å². The fraction of sp³-hybridized carbons (Fsp3) is 0. The van der Waals surface area contributed by atoms with Crippen molar-refractivity contribution in [3.8, 4) is 27.9 Å². The van der Waals surface area contributed by atoms with Gasteiger partial charge in [-0.1, -0.05) is 140 Å². The SMILES string of the molecule is c1ccc(-c2c3c(cc4c2c2ccc(-c5ccc(N(c6ccccc6)c6ccccc6)cc5)cc2n4-c2ccc4ccccc4c2)oc2ccccc23)cc1. The van der Waals surface area contributed by atoms with Crippen LogP contribution >= 0.6 is 0 Å². The van der Waals surface area contributed by atoms with Crippen LogP contribution in [0.15, 0.2) is 211 Å². The molecule has 55 heavy (non-hydrogen) atoms. The lowest BCUT2D eigenvalue weighted by Gasteiger charge is -2.25. The molecule has 3 heteroatoms. The number of furan rings is 1. The Balaban J connectivity index is 1.16. The van der Waals surface area contributed by atoms with E-state index in [4.69, 9.17) is 4.42 Å². The fourth-order valence-corrected chi connectivity index (χ4v) is 8.45.